The van der Waals surface area contributed by atoms with E-state index < -0.39 is 12.1 Å². The highest BCUT2D eigenvalue weighted by atomic mass is 16.4. The first kappa shape index (κ1) is 21.8. The van der Waals surface area contributed by atoms with Crippen LogP contribution in [-0.2, 0) is 11.2 Å². The average molecular weight is 418 g/mol. The topological polar surface area (TPSA) is 96.2 Å². The summed E-state index contributed by atoms with van der Waals surface area (Å²) in [6.45, 7) is 9.95. The summed E-state index contributed by atoms with van der Waals surface area (Å²) in [6.07, 6.45) is 8.13. The molecule has 0 saturated heterocycles. The van der Waals surface area contributed by atoms with Gasteiger partial charge in [-0.25, -0.2) is 9.48 Å². The third-order valence-electron chi connectivity index (χ3n) is 5.10. The zero-order valence-corrected chi connectivity index (χ0v) is 17.8. The maximum Gasteiger partial charge on any atom is 0.337 e. The Morgan fingerprint density at radius 2 is 2.06 bits per heavy atom. The summed E-state index contributed by atoms with van der Waals surface area (Å²) < 4.78 is 1.77. The van der Waals surface area contributed by atoms with E-state index in [1.807, 2.05) is 19.1 Å². The largest absolute Gasteiger partial charge is 0.478 e. The van der Waals surface area contributed by atoms with Crippen molar-refractivity contribution in [3.63, 3.8) is 0 Å². The minimum absolute atomic E-state index is 0.121. The molecule has 7 nitrogen and oxygen atoms in total. The molecule has 0 saturated carbocycles. The van der Waals surface area contributed by atoms with Crippen LogP contribution < -0.4 is 10.6 Å². The number of rotatable bonds is 7. The van der Waals surface area contributed by atoms with Crippen LogP contribution in [0.1, 0.15) is 39.8 Å². The lowest BCUT2D eigenvalue weighted by atomic mass is 10.0. The molecule has 1 aliphatic rings. The number of aliphatic carboxylic acids is 1. The lowest BCUT2D eigenvalue weighted by Gasteiger charge is -2.18. The van der Waals surface area contributed by atoms with Crippen LogP contribution in [0.2, 0.25) is 0 Å². The van der Waals surface area contributed by atoms with E-state index in [2.05, 4.69) is 48.3 Å². The summed E-state index contributed by atoms with van der Waals surface area (Å²) in [5.41, 5.74) is 5.46. The van der Waals surface area contributed by atoms with E-state index in [0.717, 1.165) is 17.0 Å². The second kappa shape index (κ2) is 9.30. The molecule has 0 aliphatic carbocycles. The molecule has 1 aromatic carbocycles. The van der Waals surface area contributed by atoms with Crippen LogP contribution in [-0.4, -0.2) is 32.9 Å². The van der Waals surface area contributed by atoms with E-state index in [4.69, 9.17) is 5.11 Å². The molecule has 160 valence electrons. The summed E-state index contributed by atoms with van der Waals surface area (Å²) in [4.78, 5) is 23.8. The number of amides is 1. The number of aromatic nitrogens is 2. The molecule has 0 radical (unpaired) electrons. The van der Waals surface area contributed by atoms with Crippen molar-refractivity contribution in [2.75, 3.05) is 0 Å². The van der Waals surface area contributed by atoms with Gasteiger partial charge in [-0.05, 0) is 61.8 Å². The van der Waals surface area contributed by atoms with Gasteiger partial charge in [-0.15, -0.1) is 0 Å². The number of allylic oxidation sites excluding steroid dienone is 2. The number of carbonyl (C=O) groups excluding carboxylic acids is 1. The van der Waals surface area contributed by atoms with Crippen LogP contribution in [0.15, 0.2) is 66.9 Å². The highest BCUT2D eigenvalue weighted by molar-refractivity contribution is 5.93. The number of aryl methyl sites for hydroxylation is 3. The third kappa shape index (κ3) is 4.83. The van der Waals surface area contributed by atoms with Crippen LogP contribution >= 0.6 is 0 Å². The van der Waals surface area contributed by atoms with Gasteiger partial charge in [0, 0.05) is 17.5 Å². The fourth-order valence-electron chi connectivity index (χ4n) is 3.21. The Bertz CT molecular complexity index is 1120. The molecule has 1 amide bonds. The standard InChI is InChI=1S/C24H26N4O3/c1-5-7-21(17-9-8-15(3)16(4)12-17)28-19(6-2)13-20(27-28)23(29)26-22-11-10-18(14-25-22)24(30)31/h5,7-14,22,25H,1,6H2,2-4H3,(H,26,29)(H,30,31)/b21-7-. The lowest BCUT2D eigenvalue weighted by molar-refractivity contribution is -0.132. The quantitative estimate of drug-likeness (QED) is 0.600. The number of nitrogens with zero attached hydrogens (tertiary/aromatic N) is 2. The van der Waals surface area contributed by atoms with Crippen molar-refractivity contribution in [3.05, 3.63) is 95.0 Å². The van der Waals surface area contributed by atoms with Crippen molar-refractivity contribution in [2.24, 2.45) is 0 Å². The summed E-state index contributed by atoms with van der Waals surface area (Å²) >= 11 is 0. The molecule has 0 fully saturated rings. The smallest absolute Gasteiger partial charge is 0.337 e. The van der Waals surface area contributed by atoms with E-state index in [9.17, 15) is 9.59 Å². The van der Waals surface area contributed by atoms with Crippen LogP contribution in [0.25, 0.3) is 5.70 Å². The Morgan fingerprint density at radius 3 is 2.65 bits per heavy atom. The van der Waals surface area contributed by atoms with Crippen LogP contribution in [0.4, 0.5) is 0 Å². The first-order valence-electron chi connectivity index (χ1n) is 10.0. The molecular weight excluding hydrogens is 392 g/mol. The van der Waals surface area contributed by atoms with Crippen LogP contribution in [0.3, 0.4) is 0 Å². The second-order valence-corrected chi connectivity index (χ2v) is 7.25. The van der Waals surface area contributed by atoms with Crippen molar-refractivity contribution in [2.45, 2.75) is 33.4 Å². The van der Waals surface area contributed by atoms with Gasteiger partial charge in [-0.1, -0.05) is 31.7 Å². The van der Waals surface area contributed by atoms with Gasteiger partial charge in [0.15, 0.2) is 5.69 Å². The third-order valence-corrected chi connectivity index (χ3v) is 5.10. The Morgan fingerprint density at radius 1 is 1.29 bits per heavy atom. The number of carboxylic acid groups (broad SMARTS) is 1. The highest BCUT2D eigenvalue weighted by Gasteiger charge is 2.20. The fourth-order valence-corrected chi connectivity index (χ4v) is 3.21. The number of dihydropyridines is 1. The monoisotopic (exact) mass is 418 g/mol. The molecule has 3 N–H and O–H groups in total. The van der Waals surface area contributed by atoms with E-state index in [-0.39, 0.29) is 17.2 Å². The minimum atomic E-state index is -1.03. The molecule has 3 rings (SSSR count). The maximum atomic E-state index is 12.8. The van der Waals surface area contributed by atoms with Crippen molar-refractivity contribution in [1.29, 1.82) is 0 Å². The van der Waals surface area contributed by atoms with Crippen LogP contribution in [0.5, 0.6) is 0 Å². The zero-order valence-electron chi connectivity index (χ0n) is 17.8. The van der Waals surface area contributed by atoms with Crippen molar-refractivity contribution >= 4 is 17.6 Å². The molecule has 0 bridgehead atoms. The Labute approximate surface area is 181 Å². The van der Waals surface area contributed by atoms with E-state index in [1.165, 1.54) is 23.4 Å². The molecule has 1 aromatic heterocycles. The summed E-state index contributed by atoms with van der Waals surface area (Å²) in [7, 11) is 0. The number of nitrogens with one attached hydrogen (secondary N) is 2. The Kier molecular flexibility index (Phi) is 6.55. The molecule has 1 atom stereocenters. The van der Waals surface area contributed by atoms with Gasteiger partial charge < -0.3 is 15.7 Å². The number of hydrogen-bond donors (Lipinski definition) is 3. The van der Waals surface area contributed by atoms with Gasteiger partial charge in [0.25, 0.3) is 5.91 Å². The molecule has 2 heterocycles. The maximum absolute atomic E-state index is 12.8. The van der Waals surface area contributed by atoms with E-state index in [0.29, 0.717) is 6.42 Å². The SMILES string of the molecule is C=C/C=C(/c1ccc(C)c(C)c1)n1nc(C(=O)NC2C=CC(C(=O)O)=CN2)cc1CC. The number of carbonyl (C=O) groups is 2. The fraction of sp³-hybridized carbons (Fsp3) is 0.208. The van der Waals surface area contributed by atoms with Gasteiger partial charge in [0.05, 0.1) is 11.3 Å². The summed E-state index contributed by atoms with van der Waals surface area (Å²) in [5.74, 6) is -1.39. The van der Waals surface area contributed by atoms with Gasteiger partial charge >= 0.3 is 5.97 Å². The number of benzene rings is 1. The summed E-state index contributed by atoms with van der Waals surface area (Å²) in [5, 5.41) is 19.2. The average Bonchev–Trinajstić information content (AvgIpc) is 3.19. The van der Waals surface area contributed by atoms with Crippen molar-refractivity contribution < 1.29 is 14.7 Å². The number of carboxylic acids is 1. The van der Waals surface area contributed by atoms with Gasteiger partial charge in [0.2, 0.25) is 0 Å². The van der Waals surface area contributed by atoms with Crippen molar-refractivity contribution in [3.8, 4) is 0 Å². The highest BCUT2D eigenvalue weighted by Crippen LogP contribution is 2.23. The Balaban J connectivity index is 1.87. The second-order valence-electron chi connectivity index (χ2n) is 7.25. The number of hydrogen-bond acceptors (Lipinski definition) is 4. The van der Waals surface area contributed by atoms with Gasteiger partial charge in [-0.2, -0.15) is 5.10 Å². The predicted molar refractivity (Wildman–Crippen MR) is 120 cm³/mol. The van der Waals surface area contributed by atoms with Gasteiger partial charge in [-0.3, -0.25) is 4.79 Å². The first-order valence-corrected chi connectivity index (χ1v) is 10.0. The van der Waals surface area contributed by atoms with E-state index >= 15 is 0 Å². The van der Waals surface area contributed by atoms with E-state index in [1.54, 1.807) is 22.9 Å². The minimum Gasteiger partial charge on any atom is -0.478 e. The van der Waals surface area contributed by atoms with Crippen LogP contribution in [0, 0.1) is 13.8 Å². The first-order chi connectivity index (χ1) is 14.8. The molecule has 1 aliphatic heterocycles. The molecular formula is C24H26N4O3. The molecule has 1 unspecified atom stereocenters. The predicted octanol–water partition coefficient (Wildman–Crippen LogP) is 3.32. The lowest BCUT2D eigenvalue weighted by Crippen LogP contribution is -2.43. The Hall–Kier alpha value is -3.87. The molecule has 2 aromatic rings. The summed E-state index contributed by atoms with van der Waals surface area (Å²) in [6, 6.07) is 7.94. The van der Waals surface area contributed by atoms with Gasteiger partial charge in [0.1, 0.15) is 6.17 Å². The zero-order chi connectivity index (χ0) is 22.5. The van der Waals surface area contributed by atoms with Crippen molar-refractivity contribution in [1.82, 2.24) is 20.4 Å². The molecule has 31 heavy (non-hydrogen) atoms. The molecule has 7 heteroatoms. The normalized spacial score (nSPS) is 15.8. The molecule has 0 spiro atoms.